The van der Waals surface area contributed by atoms with E-state index in [2.05, 4.69) is 28.2 Å². The Bertz CT molecular complexity index is 1310. The SMILES string of the molecule is CC[C@H]1CCN(CC2CCCN2C(=O)Cc2cncn2Cc2ccc(C#N)cc2)[C@@H]1C(=O)N[C@@H](CCSC)C(=O)OC(C)C. The van der Waals surface area contributed by atoms with Crippen LogP contribution in [0.25, 0.3) is 0 Å². The maximum atomic E-state index is 13.7. The van der Waals surface area contributed by atoms with Crippen molar-refractivity contribution >= 4 is 29.5 Å². The van der Waals surface area contributed by atoms with Crippen LogP contribution in [0.5, 0.6) is 0 Å². The maximum Gasteiger partial charge on any atom is 0.328 e. The minimum atomic E-state index is -0.670. The Kier molecular flexibility index (Phi) is 12.3. The van der Waals surface area contributed by atoms with Gasteiger partial charge in [-0.3, -0.25) is 14.5 Å². The van der Waals surface area contributed by atoms with E-state index in [0.717, 1.165) is 49.2 Å². The summed E-state index contributed by atoms with van der Waals surface area (Å²) >= 11 is 1.64. The van der Waals surface area contributed by atoms with Gasteiger partial charge in [0.2, 0.25) is 11.8 Å². The Morgan fingerprint density at radius 1 is 1.18 bits per heavy atom. The predicted octanol–water partition coefficient (Wildman–Crippen LogP) is 3.63. The third-order valence-corrected chi connectivity index (χ3v) is 9.34. The largest absolute Gasteiger partial charge is 0.461 e. The topological polar surface area (TPSA) is 121 Å². The minimum absolute atomic E-state index is 0.0292. The number of hydrogen-bond donors (Lipinski definition) is 1. The van der Waals surface area contributed by atoms with Gasteiger partial charge in [0, 0.05) is 37.6 Å². The molecule has 1 N–H and O–H groups in total. The molecule has 4 rings (SSSR count). The van der Waals surface area contributed by atoms with Gasteiger partial charge in [0.05, 0.1) is 36.5 Å². The van der Waals surface area contributed by atoms with Crippen LogP contribution in [0.15, 0.2) is 36.8 Å². The quantitative estimate of drug-likeness (QED) is 0.317. The van der Waals surface area contributed by atoms with Crippen molar-refractivity contribution < 1.29 is 19.1 Å². The number of esters is 1. The Morgan fingerprint density at radius 2 is 1.95 bits per heavy atom. The van der Waals surface area contributed by atoms with Gasteiger partial charge in [0.15, 0.2) is 0 Å². The van der Waals surface area contributed by atoms with Gasteiger partial charge in [-0.05, 0) is 81.7 Å². The van der Waals surface area contributed by atoms with Crippen LogP contribution in [0, 0.1) is 17.2 Å². The molecule has 2 amide bonds. The fourth-order valence-corrected chi connectivity index (χ4v) is 6.87. The number of thioether (sulfide) groups is 1. The van der Waals surface area contributed by atoms with E-state index in [1.807, 2.05) is 41.7 Å². The van der Waals surface area contributed by atoms with Crippen molar-refractivity contribution in [3.8, 4) is 6.07 Å². The average Bonchev–Trinajstić information content (AvgIpc) is 3.75. The average molecular weight is 623 g/mol. The number of nitrogens with one attached hydrogen (secondary N) is 1. The minimum Gasteiger partial charge on any atom is -0.461 e. The van der Waals surface area contributed by atoms with Crippen LogP contribution in [0.2, 0.25) is 0 Å². The Morgan fingerprint density at radius 3 is 2.64 bits per heavy atom. The highest BCUT2D eigenvalue weighted by atomic mass is 32.2. The van der Waals surface area contributed by atoms with Crippen LogP contribution in [-0.2, 0) is 32.1 Å². The molecule has 0 radical (unpaired) electrons. The van der Waals surface area contributed by atoms with E-state index in [1.54, 1.807) is 36.4 Å². The van der Waals surface area contributed by atoms with Gasteiger partial charge >= 0.3 is 5.97 Å². The normalized spacial score (nSPS) is 20.9. The number of nitrogens with zero attached hydrogens (tertiary/aromatic N) is 5. The molecule has 0 saturated carbocycles. The lowest BCUT2D eigenvalue weighted by atomic mass is 9.96. The highest BCUT2D eigenvalue weighted by molar-refractivity contribution is 7.98. The molecule has 0 aliphatic carbocycles. The molecule has 1 unspecified atom stereocenters. The number of amides is 2. The third kappa shape index (κ3) is 8.63. The summed E-state index contributed by atoms with van der Waals surface area (Å²) in [5, 5.41) is 12.1. The van der Waals surface area contributed by atoms with Gasteiger partial charge < -0.3 is 19.5 Å². The van der Waals surface area contributed by atoms with Gasteiger partial charge in [-0.25, -0.2) is 9.78 Å². The first-order valence-corrected chi connectivity index (χ1v) is 17.1. The number of aromatic nitrogens is 2. The molecule has 2 aliphatic heterocycles. The van der Waals surface area contributed by atoms with Crippen LogP contribution in [0.1, 0.15) is 69.7 Å². The summed E-state index contributed by atoms with van der Waals surface area (Å²) in [6, 6.07) is 8.59. The van der Waals surface area contributed by atoms with E-state index in [-0.39, 0.29) is 48.3 Å². The highest BCUT2D eigenvalue weighted by Crippen LogP contribution is 2.30. The first-order chi connectivity index (χ1) is 21.2. The molecule has 0 bridgehead atoms. The lowest BCUT2D eigenvalue weighted by Crippen LogP contribution is -2.54. The molecule has 1 aromatic heterocycles. The molecule has 2 fully saturated rings. The number of hydrogen-bond acceptors (Lipinski definition) is 8. The summed E-state index contributed by atoms with van der Waals surface area (Å²) in [6.07, 6.45) is 9.61. The summed E-state index contributed by atoms with van der Waals surface area (Å²) in [6.45, 7) is 8.44. The van der Waals surface area contributed by atoms with E-state index in [1.165, 1.54) is 0 Å². The molecule has 4 atom stereocenters. The number of imidazole rings is 1. The Balaban J connectivity index is 1.40. The van der Waals surface area contributed by atoms with E-state index >= 15 is 0 Å². The van der Waals surface area contributed by atoms with Crippen LogP contribution in [0.4, 0.5) is 0 Å². The van der Waals surface area contributed by atoms with Crippen LogP contribution < -0.4 is 5.32 Å². The van der Waals surface area contributed by atoms with Gasteiger partial charge in [-0.1, -0.05) is 25.5 Å². The summed E-state index contributed by atoms with van der Waals surface area (Å²) < 4.78 is 7.44. The zero-order chi connectivity index (χ0) is 31.6. The van der Waals surface area contributed by atoms with Crippen LogP contribution in [-0.4, -0.2) is 93.0 Å². The summed E-state index contributed by atoms with van der Waals surface area (Å²) in [4.78, 5) is 48.7. The maximum absolute atomic E-state index is 13.7. The number of benzene rings is 1. The summed E-state index contributed by atoms with van der Waals surface area (Å²) in [7, 11) is 0. The highest BCUT2D eigenvalue weighted by Gasteiger charge is 2.42. The lowest BCUT2D eigenvalue weighted by molar-refractivity contribution is -0.152. The molecule has 238 valence electrons. The molecule has 0 spiro atoms. The molecule has 2 aromatic rings. The molecule has 1 aromatic carbocycles. The van der Waals surface area contributed by atoms with Crippen molar-refractivity contribution in [3.63, 3.8) is 0 Å². The first kappa shape index (κ1) is 33.5. The fraction of sp³-hybridized carbons (Fsp3) is 0.606. The molecule has 44 heavy (non-hydrogen) atoms. The molecule has 11 heteroatoms. The molecule has 2 saturated heterocycles. The second-order valence-corrected chi connectivity index (χ2v) is 13.1. The smallest absolute Gasteiger partial charge is 0.328 e. The molecular formula is C33H46N6O4S. The molecule has 3 heterocycles. The second kappa shape index (κ2) is 16.1. The van der Waals surface area contributed by atoms with E-state index in [0.29, 0.717) is 31.6 Å². The zero-order valence-corrected chi connectivity index (χ0v) is 27.2. The van der Waals surface area contributed by atoms with Crippen LogP contribution >= 0.6 is 11.8 Å². The number of likely N-dealkylation sites (tertiary alicyclic amines) is 2. The van der Waals surface area contributed by atoms with Crippen molar-refractivity contribution in [2.45, 2.75) is 90.1 Å². The number of nitriles is 1. The fourth-order valence-electron chi connectivity index (χ4n) is 6.40. The van der Waals surface area contributed by atoms with Gasteiger partial charge in [-0.2, -0.15) is 17.0 Å². The predicted molar refractivity (Wildman–Crippen MR) is 171 cm³/mol. The van der Waals surface area contributed by atoms with E-state index in [4.69, 9.17) is 10.00 Å². The van der Waals surface area contributed by atoms with Crippen molar-refractivity contribution in [2.24, 2.45) is 5.92 Å². The van der Waals surface area contributed by atoms with Crippen LogP contribution in [0.3, 0.4) is 0 Å². The Labute approximate surface area is 265 Å². The van der Waals surface area contributed by atoms with Gasteiger partial charge in [0.1, 0.15) is 6.04 Å². The van der Waals surface area contributed by atoms with E-state index in [9.17, 15) is 14.4 Å². The third-order valence-electron chi connectivity index (χ3n) is 8.69. The van der Waals surface area contributed by atoms with E-state index < -0.39 is 6.04 Å². The Hall–Kier alpha value is -3.36. The first-order valence-electron chi connectivity index (χ1n) is 15.7. The number of ether oxygens (including phenoxy) is 1. The number of carbonyl (C=O) groups is 3. The van der Waals surface area contributed by atoms with Gasteiger partial charge in [0.25, 0.3) is 0 Å². The van der Waals surface area contributed by atoms with Crippen molar-refractivity contribution in [3.05, 3.63) is 53.6 Å². The van der Waals surface area contributed by atoms with Crippen molar-refractivity contribution in [1.82, 2.24) is 24.7 Å². The number of carbonyl (C=O) groups excluding carboxylic acids is 3. The summed E-state index contributed by atoms with van der Waals surface area (Å²) in [5.41, 5.74) is 2.49. The second-order valence-electron chi connectivity index (χ2n) is 12.1. The lowest BCUT2D eigenvalue weighted by Gasteiger charge is -2.33. The monoisotopic (exact) mass is 622 g/mol. The standard InChI is InChI=1S/C33H46N6O4S/c1-5-26-12-15-37(31(26)32(41)36-29(13-16-44-4)33(42)43-23(2)3)21-27-7-6-14-39(27)30(40)17-28-19-35-22-38(28)20-25-10-8-24(18-34)9-11-25/h8-11,19,22-23,26-27,29,31H,5-7,12-17,20-21H2,1-4H3,(H,36,41)/t26-,27?,29-,31-/m0/s1. The van der Waals surface area contributed by atoms with Gasteiger partial charge in [-0.15, -0.1) is 0 Å². The van der Waals surface area contributed by atoms with Crippen molar-refractivity contribution in [1.29, 1.82) is 5.26 Å². The van der Waals surface area contributed by atoms with Crippen molar-refractivity contribution in [2.75, 3.05) is 31.6 Å². The molecule has 2 aliphatic rings. The number of rotatable bonds is 14. The summed E-state index contributed by atoms with van der Waals surface area (Å²) in [5.74, 6) is 0.499. The zero-order valence-electron chi connectivity index (χ0n) is 26.4. The molecule has 10 nitrogen and oxygen atoms in total. The molecular weight excluding hydrogens is 576 g/mol.